The molecule has 182 valence electrons. The molecule has 0 saturated heterocycles. The fraction of sp³-hybridized carbons (Fsp3) is 0.118. The third kappa shape index (κ3) is 3.06. The Hall–Kier alpha value is -4.88. The highest BCUT2D eigenvalue weighted by Crippen LogP contribution is 2.39. The summed E-state index contributed by atoms with van der Waals surface area (Å²) in [5, 5.41) is 14.3. The first-order valence-electron chi connectivity index (χ1n) is 12.8. The van der Waals surface area contributed by atoms with E-state index in [-0.39, 0.29) is 0 Å². The highest BCUT2D eigenvalue weighted by atomic mass is 16.3. The number of aromatic nitrogens is 2. The van der Waals surface area contributed by atoms with Crippen LogP contribution in [0.5, 0.6) is 0 Å². The number of pyridine rings is 1. The van der Waals surface area contributed by atoms with E-state index in [1.165, 1.54) is 22.3 Å². The van der Waals surface area contributed by atoms with Gasteiger partial charge in [0.15, 0.2) is 6.20 Å². The van der Waals surface area contributed by atoms with Gasteiger partial charge in [0.25, 0.3) is 5.69 Å². The monoisotopic (exact) mass is 492 g/mol. The third-order valence-corrected chi connectivity index (χ3v) is 7.88. The number of aryl methyl sites for hydroxylation is 3. The summed E-state index contributed by atoms with van der Waals surface area (Å²) >= 11 is 0. The van der Waals surface area contributed by atoms with Crippen LogP contribution in [0.3, 0.4) is 0 Å². The second-order valence-corrected chi connectivity index (χ2v) is 10.2. The third-order valence-electron chi connectivity index (χ3n) is 7.88. The van der Waals surface area contributed by atoms with Crippen LogP contribution < -0.4 is 4.57 Å². The zero-order valence-electron chi connectivity index (χ0n) is 21.8. The number of nitrogens with zero attached hydrogens (tertiary/aromatic N) is 3. The van der Waals surface area contributed by atoms with Gasteiger partial charge in [0.05, 0.1) is 22.2 Å². The van der Waals surface area contributed by atoms with E-state index >= 15 is 0 Å². The van der Waals surface area contributed by atoms with E-state index in [0.717, 1.165) is 55.1 Å². The SMILES string of the molecule is Cc1cc(C)c(C)c(-c2c3oc4ccc(-n5c6ccccc6c6cccc(C#N)c65)cc4c3cc[n+]2C)c1. The number of benzene rings is 4. The topological polar surface area (TPSA) is 45.7 Å². The summed E-state index contributed by atoms with van der Waals surface area (Å²) in [4.78, 5) is 0. The number of furan rings is 1. The van der Waals surface area contributed by atoms with Crippen molar-refractivity contribution < 1.29 is 8.98 Å². The van der Waals surface area contributed by atoms with Crippen LogP contribution in [0.25, 0.3) is 60.7 Å². The van der Waals surface area contributed by atoms with Gasteiger partial charge in [0, 0.05) is 33.3 Å². The van der Waals surface area contributed by atoms with Gasteiger partial charge in [-0.25, -0.2) is 0 Å². The van der Waals surface area contributed by atoms with Crippen molar-refractivity contribution in [2.24, 2.45) is 7.05 Å². The summed E-state index contributed by atoms with van der Waals surface area (Å²) in [6.07, 6.45) is 2.12. The van der Waals surface area contributed by atoms with Crippen molar-refractivity contribution in [3.05, 3.63) is 107 Å². The lowest BCUT2D eigenvalue weighted by molar-refractivity contribution is -0.659. The van der Waals surface area contributed by atoms with E-state index in [1.807, 2.05) is 18.2 Å². The van der Waals surface area contributed by atoms with Crippen molar-refractivity contribution in [3.8, 4) is 23.0 Å². The van der Waals surface area contributed by atoms with Gasteiger partial charge < -0.3 is 8.98 Å². The van der Waals surface area contributed by atoms with Crippen molar-refractivity contribution in [2.75, 3.05) is 0 Å². The van der Waals surface area contributed by atoms with Gasteiger partial charge in [0.2, 0.25) is 5.58 Å². The first kappa shape index (κ1) is 22.3. The van der Waals surface area contributed by atoms with Crippen molar-refractivity contribution >= 4 is 43.7 Å². The number of para-hydroxylation sites is 2. The van der Waals surface area contributed by atoms with Gasteiger partial charge in [0.1, 0.15) is 18.7 Å². The molecule has 0 aliphatic heterocycles. The van der Waals surface area contributed by atoms with Crippen LogP contribution in [0.4, 0.5) is 0 Å². The number of fused-ring (bicyclic) bond motifs is 6. The Balaban J connectivity index is 1.56. The molecule has 0 aliphatic rings. The molecular weight excluding hydrogens is 466 g/mol. The predicted molar refractivity (Wildman–Crippen MR) is 154 cm³/mol. The van der Waals surface area contributed by atoms with Crippen molar-refractivity contribution in [1.29, 1.82) is 5.26 Å². The fourth-order valence-corrected chi connectivity index (χ4v) is 5.98. The largest absolute Gasteiger partial charge is 0.449 e. The maximum absolute atomic E-state index is 9.96. The quantitative estimate of drug-likeness (QED) is 0.230. The van der Waals surface area contributed by atoms with Gasteiger partial charge >= 0.3 is 0 Å². The van der Waals surface area contributed by atoms with Gasteiger partial charge in [-0.05, 0) is 68.3 Å². The molecule has 0 bridgehead atoms. The van der Waals surface area contributed by atoms with Crippen LogP contribution in [-0.2, 0) is 7.05 Å². The molecule has 4 nitrogen and oxygen atoms in total. The highest BCUT2D eigenvalue weighted by molar-refractivity contribution is 6.12. The maximum Gasteiger partial charge on any atom is 0.256 e. The molecule has 0 saturated carbocycles. The standard InChI is InChI=1S/C34H26N3O/c1-20-16-21(2)22(3)28(17-20)33-34-27(14-15-36(33)4)29-18-24(12-13-31(29)38-34)37-30-11-6-5-9-25(30)26-10-7-8-23(19-35)32(26)37/h5-18H,1-4H3/q+1. The first-order chi connectivity index (χ1) is 18.5. The van der Waals surface area contributed by atoms with Crippen LogP contribution in [0.2, 0.25) is 0 Å². The van der Waals surface area contributed by atoms with Crippen LogP contribution >= 0.6 is 0 Å². The molecule has 0 spiro atoms. The fourth-order valence-electron chi connectivity index (χ4n) is 5.98. The molecule has 0 N–H and O–H groups in total. The molecule has 7 rings (SSSR count). The predicted octanol–water partition coefficient (Wildman–Crippen LogP) is 7.97. The van der Waals surface area contributed by atoms with Crippen molar-refractivity contribution in [2.45, 2.75) is 20.8 Å². The average Bonchev–Trinajstić information content (AvgIpc) is 3.46. The second kappa shape index (κ2) is 8.06. The first-order valence-corrected chi connectivity index (χ1v) is 12.8. The molecule has 0 atom stereocenters. The molecule has 3 heterocycles. The molecule has 0 unspecified atom stereocenters. The van der Waals surface area contributed by atoms with E-state index in [2.05, 4.69) is 110 Å². The van der Waals surface area contributed by atoms with Gasteiger partial charge in [-0.3, -0.25) is 0 Å². The smallest absolute Gasteiger partial charge is 0.256 e. The van der Waals surface area contributed by atoms with Crippen LogP contribution in [-0.4, -0.2) is 4.57 Å². The van der Waals surface area contributed by atoms with E-state index in [9.17, 15) is 5.26 Å². The van der Waals surface area contributed by atoms with Gasteiger partial charge in [-0.15, -0.1) is 0 Å². The Morgan fingerprint density at radius 3 is 2.47 bits per heavy atom. The number of rotatable bonds is 2. The molecule has 38 heavy (non-hydrogen) atoms. The molecular formula is C34H26N3O+. The summed E-state index contributed by atoms with van der Waals surface area (Å²) in [5.74, 6) is 0. The van der Waals surface area contributed by atoms with Gasteiger partial charge in [-0.2, -0.15) is 9.83 Å². The normalized spacial score (nSPS) is 11.7. The minimum absolute atomic E-state index is 0.662. The summed E-state index contributed by atoms with van der Waals surface area (Å²) in [6.45, 7) is 6.49. The minimum Gasteiger partial charge on any atom is -0.449 e. The van der Waals surface area contributed by atoms with Crippen LogP contribution in [0, 0.1) is 32.1 Å². The zero-order valence-corrected chi connectivity index (χ0v) is 21.8. The molecule has 4 aromatic carbocycles. The molecule has 0 amide bonds. The Morgan fingerprint density at radius 2 is 1.63 bits per heavy atom. The molecule has 0 radical (unpaired) electrons. The molecule has 3 aromatic heterocycles. The van der Waals surface area contributed by atoms with Gasteiger partial charge in [-0.1, -0.05) is 42.0 Å². The van der Waals surface area contributed by atoms with Crippen molar-refractivity contribution in [1.82, 2.24) is 4.57 Å². The maximum atomic E-state index is 9.96. The lowest BCUT2D eigenvalue weighted by Gasteiger charge is -2.09. The number of nitriles is 1. The summed E-state index contributed by atoms with van der Waals surface area (Å²) in [7, 11) is 2.08. The molecule has 7 aromatic rings. The number of hydrogen-bond acceptors (Lipinski definition) is 2. The zero-order chi connectivity index (χ0) is 26.1. The number of hydrogen-bond donors (Lipinski definition) is 0. The van der Waals surface area contributed by atoms with E-state index in [1.54, 1.807) is 0 Å². The Labute approximate surface area is 220 Å². The van der Waals surface area contributed by atoms with E-state index in [4.69, 9.17) is 4.42 Å². The lowest BCUT2D eigenvalue weighted by Crippen LogP contribution is -2.30. The van der Waals surface area contributed by atoms with Crippen LogP contribution in [0.1, 0.15) is 22.3 Å². The Morgan fingerprint density at radius 1 is 0.816 bits per heavy atom. The lowest BCUT2D eigenvalue weighted by atomic mass is 9.96. The Bertz CT molecular complexity index is 2140. The molecule has 0 aliphatic carbocycles. The van der Waals surface area contributed by atoms with E-state index in [0.29, 0.717) is 5.56 Å². The highest BCUT2D eigenvalue weighted by Gasteiger charge is 2.24. The Kier molecular flexibility index (Phi) is 4.74. The van der Waals surface area contributed by atoms with Crippen LogP contribution in [0.15, 0.2) is 89.5 Å². The second-order valence-electron chi connectivity index (χ2n) is 10.2. The molecule has 0 fully saturated rings. The molecule has 4 heteroatoms. The summed E-state index contributed by atoms with van der Waals surface area (Å²) in [6, 6.07) is 29.6. The summed E-state index contributed by atoms with van der Waals surface area (Å²) in [5.41, 5.74) is 11.4. The minimum atomic E-state index is 0.662. The summed E-state index contributed by atoms with van der Waals surface area (Å²) < 4.78 is 10.9. The van der Waals surface area contributed by atoms with E-state index < -0.39 is 0 Å². The average molecular weight is 493 g/mol. The van der Waals surface area contributed by atoms with Crippen molar-refractivity contribution in [3.63, 3.8) is 0 Å².